The number of hydrogen-bond acceptors (Lipinski definition) is 3. The minimum atomic E-state index is -5.05. The Labute approximate surface area is 108 Å². The van der Waals surface area contributed by atoms with Crippen LogP contribution in [-0.2, 0) is 21.9 Å². The van der Waals surface area contributed by atoms with Gasteiger partial charge in [0.05, 0.1) is 18.2 Å². The van der Waals surface area contributed by atoms with E-state index in [-0.39, 0.29) is 18.2 Å². The van der Waals surface area contributed by atoms with Crippen LogP contribution >= 0.6 is 0 Å². The van der Waals surface area contributed by atoms with Crippen LogP contribution in [0.2, 0.25) is 0 Å². The molecular formula is C11H8F6O3. The third-order valence-corrected chi connectivity index (χ3v) is 2.35. The first-order valence-corrected chi connectivity index (χ1v) is 5.02. The highest BCUT2D eigenvalue weighted by Gasteiger charge is 2.38. The third kappa shape index (κ3) is 3.62. The zero-order valence-electron chi connectivity index (χ0n) is 9.84. The highest BCUT2D eigenvalue weighted by Crippen LogP contribution is 2.37. The first kappa shape index (κ1) is 16.3. The van der Waals surface area contributed by atoms with Crippen molar-refractivity contribution in [3.63, 3.8) is 0 Å². The van der Waals surface area contributed by atoms with Crippen LogP contribution in [0.15, 0.2) is 18.2 Å². The third-order valence-electron chi connectivity index (χ3n) is 2.35. The van der Waals surface area contributed by atoms with Gasteiger partial charge in [-0.1, -0.05) is 0 Å². The molecule has 0 unspecified atom stereocenters. The molecule has 0 spiro atoms. The minimum absolute atomic E-state index is 0.104. The molecule has 0 amide bonds. The molecule has 0 bridgehead atoms. The summed E-state index contributed by atoms with van der Waals surface area (Å²) >= 11 is 0. The van der Waals surface area contributed by atoms with Gasteiger partial charge < -0.3 is 9.84 Å². The molecular weight excluding hydrogens is 294 g/mol. The maximum absolute atomic E-state index is 12.5. The highest BCUT2D eigenvalue weighted by atomic mass is 19.4. The summed E-state index contributed by atoms with van der Waals surface area (Å²) < 4.78 is 79.2. The fourth-order valence-electron chi connectivity index (χ4n) is 1.38. The molecule has 112 valence electrons. The Kier molecular flexibility index (Phi) is 4.33. The van der Waals surface area contributed by atoms with E-state index < -0.39 is 41.1 Å². The van der Waals surface area contributed by atoms with Gasteiger partial charge in [-0.25, -0.2) is 4.79 Å². The van der Waals surface area contributed by atoms with Crippen molar-refractivity contribution in [3.05, 3.63) is 34.9 Å². The first-order chi connectivity index (χ1) is 8.96. The molecule has 0 saturated carbocycles. The Hall–Kier alpha value is -1.77. The van der Waals surface area contributed by atoms with Crippen molar-refractivity contribution in [3.8, 4) is 0 Å². The van der Waals surface area contributed by atoms with Crippen LogP contribution in [0.4, 0.5) is 26.3 Å². The normalized spacial score (nSPS) is 14.0. The summed E-state index contributed by atoms with van der Waals surface area (Å²) in [6, 6.07) is 0.418. The van der Waals surface area contributed by atoms with Gasteiger partial charge in [0.2, 0.25) is 0 Å². The maximum atomic E-state index is 12.5. The molecule has 20 heavy (non-hydrogen) atoms. The number of alkyl halides is 6. The van der Waals surface area contributed by atoms with Gasteiger partial charge in [-0.05, 0) is 23.8 Å². The number of benzene rings is 1. The van der Waals surface area contributed by atoms with Crippen molar-refractivity contribution in [2.75, 3.05) is 7.11 Å². The molecule has 0 aromatic heterocycles. The highest BCUT2D eigenvalue weighted by molar-refractivity contribution is 5.76. The van der Waals surface area contributed by atoms with Crippen LogP contribution in [-0.4, -0.2) is 18.2 Å². The topological polar surface area (TPSA) is 46.5 Å². The van der Waals surface area contributed by atoms with Gasteiger partial charge >= 0.3 is 18.3 Å². The molecule has 0 aliphatic rings. The van der Waals surface area contributed by atoms with Gasteiger partial charge in [0.1, 0.15) is 0 Å². The Morgan fingerprint density at radius 1 is 1.05 bits per heavy atom. The monoisotopic (exact) mass is 302 g/mol. The molecule has 1 rings (SSSR count). The van der Waals surface area contributed by atoms with Crippen LogP contribution in [0.3, 0.4) is 0 Å². The molecule has 9 heteroatoms. The van der Waals surface area contributed by atoms with E-state index >= 15 is 0 Å². The molecule has 0 aliphatic heterocycles. The SMILES string of the molecule is COC(=O)[C@H](O)c1cc(C(F)(F)F)cc(C(F)(F)F)c1. The van der Waals surface area contributed by atoms with Gasteiger partial charge in [0, 0.05) is 0 Å². The quantitative estimate of drug-likeness (QED) is 0.675. The van der Waals surface area contributed by atoms with E-state index in [1.54, 1.807) is 0 Å². The molecule has 1 aromatic carbocycles. The van der Waals surface area contributed by atoms with E-state index in [0.29, 0.717) is 0 Å². The number of carbonyl (C=O) groups is 1. The molecule has 0 saturated heterocycles. The summed E-state index contributed by atoms with van der Waals surface area (Å²) in [5.74, 6) is -1.36. The van der Waals surface area contributed by atoms with Crippen LogP contribution in [0.5, 0.6) is 0 Å². The Morgan fingerprint density at radius 3 is 1.75 bits per heavy atom. The average Bonchev–Trinajstić information content (AvgIpc) is 2.34. The van der Waals surface area contributed by atoms with Crippen molar-refractivity contribution in [1.29, 1.82) is 0 Å². The van der Waals surface area contributed by atoms with Crippen LogP contribution in [0.1, 0.15) is 22.8 Å². The summed E-state index contributed by atoms with van der Waals surface area (Å²) in [4.78, 5) is 11.0. The van der Waals surface area contributed by atoms with Gasteiger partial charge in [-0.3, -0.25) is 0 Å². The predicted molar refractivity (Wildman–Crippen MR) is 53.4 cm³/mol. The molecule has 1 aromatic rings. The fourth-order valence-corrected chi connectivity index (χ4v) is 1.38. The Morgan fingerprint density at radius 2 is 1.45 bits per heavy atom. The molecule has 3 nitrogen and oxygen atoms in total. The van der Waals surface area contributed by atoms with Gasteiger partial charge in [-0.15, -0.1) is 0 Å². The number of esters is 1. The molecule has 0 aliphatic carbocycles. The molecule has 1 atom stereocenters. The number of hydrogen-bond donors (Lipinski definition) is 1. The van der Waals surface area contributed by atoms with Crippen molar-refractivity contribution in [2.45, 2.75) is 18.5 Å². The van der Waals surface area contributed by atoms with Crippen molar-refractivity contribution >= 4 is 5.97 Å². The van der Waals surface area contributed by atoms with Crippen molar-refractivity contribution < 1.29 is 41.0 Å². The van der Waals surface area contributed by atoms with Crippen LogP contribution in [0.25, 0.3) is 0 Å². The molecule has 1 N–H and O–H groups in total. The average molecular weight is 302 g/mol. The number of aliphatic hydroxyl groups is 1. The second-order valence-corrected chi connectivity index (χ2v) is 3.76. The zero-order valence-corrected chi connectivity index (χ0v) is 9.84. The number of aliphatic hydroxyl groups excluding tert-OH is 1. The Balaban J connectivity index is 3.42. The lowest BCUT2D eigenvalue weighted by Crippen LogP contribution is -2.17. The van der Waals surface area contributed by atoms with E-state index in [2.05, 4.69) is 4.74 Å². The van der Waals surface area contributed by atoms with Crippen LogP contribution < -0.4 is 0 Å². The molecule has 0 radical (unpaired) electrons. The first-order valence-electron chi connectivity index (χ1n) is 5.02. The minimum Gasteiger partial charge on any atom is -0.467 e. The Bertz CT molecular complexity index is 474. The standard InChI is InChI=1S/C11H8F6O3/c1-20-9(19)8(18)5-2-6(10(12,13)14)4-7(3-5)11(15,16)17/h2-4,8,18H,1H3/t8-/m1/s1. The number of rotatable bonds is 2. The summed E-state index contributed by atoms with van der Waals surface area (Å²) in [5, 5.41) is 9.36. The van der Waals surface area contributed by atoms with Crippen molar-refractivity contribution in [2.24, 2.45) is 0 Å². The predicted octanol–water partition coefficient (Wildman–Crippen LogP) is 2.93. The smallest absolute Gasteiger partial charge is 0.416 e. The van der Waals surface area contributed by atoms with E-state index in [1.807, 2.05) is 0 Å². The van der Waals surface area contributed by atoms with Gasteiger partial charge in [0.15, 0.2) is 6.10 Å². The number of carbonyl (C=O) groups excluding carboxylic acids is 1. The molecule has 0 fully saturated rings. The summed E-state index contributed by atoms with van der Waals surface area (Å²) in [7, 11) is 0.837. The zero-order chi connectivity index (χ0) is 15.7. The summed E-state index contributed by atoms with van der Waals surface area (Å²) in [6.45, 7) is 0. The summed E-state index contributed by atoms with van der Waals surface area (Å²) in [6.07, 6.45) is -12.3. The van der Waals surface area contributed by atoms with Gasteiger partial charge in [0.25, 0.3) is 0 Å². The van der Waals surface area contributed by atoms with Crippen molar-refractivity contribution in [1.82, 2.24) is 0 Å². The second-order valence-electron chi connectivity index (χ2n) is 3.76. The van der Waals surface area contributed by atoms with E-state index in [4.69, 9.17) is 0 Å². The maximum Gasteiger partial charge on any atom is 0.416 e. The number of halogens is 6. The number of methoxy groups -OCH3 is 1. The molecule has 0 heterocycles. The lowest BCUT2D eigenvalue weighted by Gasteiger charge is -2.16. The van der Waals surface area contributed by atoms with E-state index in [1.165, 1.54) is 0 Å². The largest absolute Gasteiger partial charge is 0.467 e. The van der Waals surface area contributed by atoms with E-state index in [9.17, 15) is 36.2 Å². The van der Waals surface area contributed by atoms with Gasteiger partial charge in [-0.2, -0.15) is 26.3 Å². The van der Waals surface area contributed by atoms with E-state index in [0.717, 1.165) is 7.11 Å². The second kappa shape index (κ2) is 5.31. The lowest BCUT2D eigenvalue weighted by atomic mass is 10.0. The lowest BCUT2D eigenvalue weighted by molar-refractivity contribution is -0.151. The van der Waals surface area contributed by atoms with Crippen LogP contribution in [0, 0.1) is 0 Å². The summed E-state index contributed by atoms with van der Waals surface area (Å²) in [5.41, 5.74) is -4.09. The number of ether oxygens (including phenoxy) is 1. The fraction of sp³-hybridized carbons (Fsp3) is 0.364.